The Labute approximate surface area is 484 Å². The van der Waals surface area contributed by atoms with Crippen LogP contribution in [0.15, 0.2) is 207 Å². The maximum Gasteiger partial charge on any atom is 0.0886 e. The number of halogens is 4. The van der Waals surface area contributed by atoms with Gasteiger partial charge in [0.2, 0.25) is 0 Å². The zero-order valence-electron chi connectivity index (χ0n) is 43.0. The van der Waals surface area contributed by atoms with Gasteiger partial charge in [-0.15, -0.1) is 0 Å². The molecule has 0 spiro atoms. The van der Waals surface area contributed by atoms with Crippen LogP contribution in [0, 0.1) is 14.4 Å². The Bertz CT molecular complexity index is 2670. The number of benzene rings is 1. The van der Waals surface area contributed by atoms with Crippen LogP contribution in [-0.4, -0.2) is 62.0 Å². The van der Waals surface area contributed by atoms with Crippen molar-refractivity contribution in [2.45, 2.75) is 65.2 Å². The Morgan fingerprint density at radius 1 is 0.416 bits per heavy atom. The molecule has 0 aliphatic heterocycles. The second-order valence-electron chi connectivity index (χ2n) is 16.0. The topological polar surface area (TPSA) is 178 Å². The molecule has 0 atom stereocenters. The Balaban J connectivity index is 0.000000324. The van der Waals surface area contributed by atoms with E-state index in [1.54, 1.807) is 49.6 Å². The predicted octanol–water partition coefficient (Wildman–Crippen LogP) is 15.7. The van der Waals surface area contributed by atoms with Crippen LogP contribution in [-0.2, 0) is 52.7 Å². The van der Waals surface area contributed by atoms with Gasteiger partial charge in [-0.3, -0.25) is 49.5 Å². The number of hydrogen-bond donors (Lipinski definition) is 2. The van der Waals surface area contributed by atoms with Gasteiger partial charge >= 0.3 is 81.0 Å². The molecular weight excluding hydrogens is 1230 g/mol. The van der Waals surface area contributed by atoms with Gasteiger partial charge in [-0.05, 0) is 152 Å². The fourth-order valence-corrected chi connectivity index (χ4v) is 6.46. The number of carboxylic acids is 2. The number of aryl methyl sites for hydroxylation is 3. The molecule has 0 bridgehead atoms. The number of aromatic nitrogens is 8. The molecule has 0 aliphatic rings. The first kappa shape index (κ1) is 66.9. The third-order valence-electron chi connectivity index (χ3n) is 10.1. The van der Waals surface area contributed by atoms with Gasteiger partial charge in [0.15, 0.2) is 0 Å². The molecule has 0 saturated carbocycles. The standard InChI is InChI=1S/2C14H14N2O2.2C10H8N2.C10H14.CH3.4ClH.2Ru/c2*17-14(18)6-3-4-11-7-9-16-13(10-11)12-5-1-2-8-15-12;2*1-3-7-11-9(5-1)10-6-2-4-8-12-10;1-8(2)10-6-4-9(3)5-7-10;;;;;;;/h2*1-2,5,7-10H,3-4,6H2,(H,17,18);2*1-8H;4-8H,1-3H3;1H3;4*1H;;/q;;;;;-1;;;;;2*+2/p-4. The van der Waals surface area contributed by atoms with Crippen LogP contribution in [0.1, 0.15) is 67.7 Å². The summed E-state index contributed by atoms with van der Waals surface area (Å²) in [5, 5.41) is 17.2. The Morgan fingerprint density at radius 2 is 0.675 bits per heavy atom. The molecule has 406 valence electrons. The molecule has 1 aromatic carbocycles. The number of hydrogen-bond acceptors (Lipinski definition) is 10. The van der Waals surface area contributed by atoms with Crippen LogP contribution in [0.25, 0.3) is 45.6 Å². The van der Waals surface area contributed by atoms with E-state index in [9.17, 15) is 9.59 Å². The summed E-state index contributed by atoms with van der Waals surface area (Å²) >= 11 is -0.691. The molecular formula is C59H61Cl4N8O4Ru2-. The Morgan fingerprint density at radius 3 is 0.909 bits per heavy atom. The van der Waals surface area contributed by atoms with E-state index in [1.165, 1.54) is 11.1 Å². The van der Waals surface area contributed by atoms with Gasteiger partial charge in [0, 0.05) is 62.4 Å². The van der Waals surface area contributed by atoms with Crippen molar-refractivity contribution < 1.29 is 50.1 Å². The number of carbonyl (C=O) groups is 2. The Hall–Kier alpha value is -6.23. The van der Waals surface area contributed by atoms with E-state index >= 15 is 0 Å². The molecule has 0 aliphatic carbocycles. The quantitative estimate of drug-likeness (QED) is 0.0826. The van der Waals surface area contributed by atoms with E-state index in [-0.39, 0.29) is 50.6 Å². The van der Waals surface area contributed by atoms with Crippen molar-refractivity contribution in [2.75, 3.05) is 0 Å². The maximum atomic E-state index is 10.5. The third kappa shape index (κ3) is 29.8. The number of pyridine rings is 8. The van der Waals surface area contributed by atoms with Crippen LogP contribution in [0.5, 0.6) is 0 Å². The summed E-state index contributed by atoms with van der Waals surface area (Å²) in [7, 11) is 19.4. The first-order chi connectivity index (χ1) is 37.0. The van der Waals surface area contributed by atoms with E-state index in [0.29, 0.717) is 18.8 Å². The summed E-state index contributed by atoms with van der Waals surface area (Å²) in [6, 6.07) is 51.0. The molecule has 18 heteroatoms. The van der Waals surface area contributed by atoms with E-state index in [0.717, 1.165) is 69.5 Å². The summed E-state index contributed by atoms with van der Waals surface area (Å²) in [4.78, 5) is 54.7. The SMILES string of the molecule is Cc1ccc(C(C)C)cc1.O=C(O)CCCc1ccnc(-c2ccccn2)c1.O=C(O)CCCc1ccnc(-c2ccccn2)c1.[CH3-].[Cl][Ru][Cl].[Cl][Ru][Cl].c1ccc(-c2ccccn2)nc1.c1ccc(-c2ccccn2)nc1. The molecule has 0 unspecified atom stereocenters. The smallest absolute Gasteiger partial charge is 0.0886 e. The van der Waals surface area contributed by atoms with Crippen molar-refractivity contribution in [1.82, 2.24) is 39.9 Å². The van der Waals surface area contributed by atoms with Gasteiger partial charge in [-0.2, -0.15) is 0 Å². The van der Waals surface area contributed by atoms with Crippen molar-refractivity contribution in [3.05, 3.63) is 237 Å². The van der Waals surface area contributed by atoms with Gasteiger partial charge in [-0.1, -0.05) is 80.1 Å². The van der Waals surface area contributed by atoms with Crippen LogP contribution in [0.4, 0.5) is 0 Å². The summed E-state index contributed by atoms with van der Waals surface area (Å²) in [6.07, 6.45) is 17.2. The minimum Gasteiger partial charge on any atom is -0.255 e. The van der Waals surface area contributed by atoms with Crippen LogP contribution in [0.3, 0.4) is 0 Å². The van der Waals surface area contributed by atoms with E-state index < -0.39 is 11.9 Å². The minimum atomic E-state index is -0.756. The first-order valence-electron chi connectivity index (χ1n) is 23.6. The zero-order chi connectivity index (χ0) is 55.0. The number of rotatable bonds is 13. The molecule has 77 heavy (non-hydrogen) atoms. The summed E-state index contributed by atoms with van der Waals surface area (Å²) in [5.41, 5.74) is 11.9. The first-order valence-corrected chi connectivity index (χ1v) is 32.5. The fourth-order valence-electron chi connectivity index (χ4n) is 6.46. The van der Waals surface area contributed by atoms with Crippen LogP contribution in [0.2, 0.25) is 0 Å². The number of nitrogens with zero attached hydrogens (tertiary/aromatic N) is 8. The van der Waals surface area contributed by atoms with Crippen molar-refractivity contribution >= 4 is 50.7 Å². The van der Waals surface area contributed by atoms with Crippen molar-refractivity contribution in [2.24, 2.45) is 0 Å². The molecule has 0 radical (unpaired) electrons. The number of aliphatic carboxylic acids is 2. The van der Waals surface area contributed by atoms with Gasteiger partial charge in [-0.25, -0.2) is 0 Å². The van der Waals surface area contributed by atoms with E-state index in [2.05, 4.69) is 84.9 Å². The zero-order valence-corrected chi connectivity index (χ0v) is 49.5. The molecule has 9 aromatic rings. The summed E-state index contributed by atoms with van der Waals surface area (Å²) in [6.45, 7) is 6.54. The number of carboxylic acid groups (broad SMARTS) is 2. The van der Waals surface area contributed by atoms with Crippen LogP contribution >= 0.6 is 38.8 Å². The van der Waals surface area contributed by atoms with Gasteiger partial charge in [0.25, 0.3) is 0 Å². The van der Waals surface area contributed by atoms with Crippen molar-refractivity contribution in [1.29, 1.82) is 0 Å². The molecule has 8 heterocycles. The van der Waals surface area contributed by atoms with Crippen LogP contribution < -0.4 is 0 Å². The van der Waals surface area contributed by atoms with E-state index in [1.807, 2.05) is 133 Å². The largest absolute Gasteiger partial charge is 0.255 e. The molecule has 0 fully saturated rings. The second kappa shape index (κ2) is 41.9. The summed E-state index contributed by atoms with van der Waals surface area (Å²) in [5.74, 6) is -0.858. The normalized spacial score (nSPS) is 9.71. The monoisotopic (exact) mass is 1290 g/mol. The van der Waals surface area contributed by atoms with Crippen molar-refractivity contribution in [3.8, 4) is 45.6 Å². The van der Waals surface area contributed by atoms with Gasteiger partial charge < -0.3 is 17.6 Å². The molecule has 12 nitrogen and oxygen atoms in total. The van der Waals surface area contributed by atoms with Gasteiger partial charge in [0.05, 0.1) is 45.6 Å². The van der Waals surface area contributed by atoms with Crippen molar-refractivity contribution in [3.63, 3.8) is 0 Å². The predicted molar refractivity (Wildman–Crippen MR) is 306 cm³/mol. The molecule has 0 saturated heterocycles. The van der Waals surface area contributed by atoms with E-state index in [4.69, 9.17) is 49.0 Å². The second-order valence-corrected chi connectivity index (χ2v) is 21.3. The van der Waals surface area contributed by atoms with Gasteiger partial charge in [0.1, 0.15) is 0 Å². The average Bonchev–Trinajstić information content (AvgIpc) is 3.46. The molecule has 2 N–H and O–H groups in total. The maximum absolute atomic E-state index is 10.5. The Kier molecular flexibility index (Phi) is 36.4. The minimum absolute atomic E-state index is 0. The fraction of sp³-hybridized carbons (Fsp3) is 0.169. The molecule has 9 rings (SSSR count). The third-order valence-corrected chi connectivity index (χ3v) is 10.1. The average molecular weight is 1290 g/mol. The summed E-state index contributed by atoms with van der Waals surface area (Å²) < 4.78 is 0. The molecule has 8 aromatic heterocycles. The molecule has 0 amide bonds.